The highest BCUT2D eigenvalue weighted by atomic mass is 127. The van der Waals surface area contributed by atoms with Crippen LogP contribution in [0.2, 0.25) is 0 Å². The Bertz CT molecular complexity index is 558. The minimum atomic E-state index is -0.183. The van der Waals surface area contributed by atoms with Crippen LogP contribution in [0, 0.1) is 8.70 Å². The highest BCUT2D eigenvalue weighted by Gasteiger charge is 2.19. The van der Waals surface area contributed by atoms with Crippen molar-refractivity contribution in [2.75, 3.05) is 6.54 Å². The molecule has 1 unspecified atom stereocenters. The molecule has 0 aliphatic carbocycles. The summed E-state index contributed by atoms with van der Waals surface area (Å²) >= 11 is 7.24. The van der Waals surface area contributed by atoms with Gasteiger partial charge in [-0.25, -0.2) is 4.39 Å². The summed E-state index contributed by atoms with van der Waals surface area (Å²) < 4.78 is 16.0. The van der Waals surface area contributed by atoms with Crippen LogP contribution in [0.25, 0.3) is 0 Å². The van der Waals surface area contributed by atoms with Gasteiger partial charge in [0.1, 0.15) is 5.82 Å². The molecule has 102 valence electrons. The molecule has 0 radical (unpaired) electrons. The molecule has 19 heavy (non-hydrogen) atoms. The predicted molar refractivity (Wildman–Crippen MR) is 91.3 cm³/mol. The monoisotopic (exact) mass is 453 g/mol. The quantitative estimate of drug-likeness (QED) is 0.602. The van der Waals surface area contributed by atoms with E-state index < -0.39 is 0 Å². The Morgan fingerprint density at radius 3 is 2.89 bits per heavy atom. The van der Waals surface area contributed by atoms with Gasteiger partial charge in [-0.05, 0) is 74.6 Å². The standard InChI is InChI=1S/C14H14BrFINS/c1-2-6-18-14(9-7-12(17)19-8-9)10-4-3-5-11(15)13(10)16/h3-5,7-8,14,18H,2,6H2,1H3. The van der Waals surface area contributed by atoms with Crippen LogP contribution in [0.4, 0.5) is 4.39 Å². The van der Waals surface area contributed by atoms with Crippen molar-refractivity contribution in [2.24, 2.45) is 0 Å². The lowest BCUT2D eigenvalue weighted by Gasteiger charge is -2.19. The first kappa shape index (κ1) is 15.4. The van der Waals surface area contributed by atoms with Crippen molar-refractivity contribution in [1.82, 2.24) is 5.32 Å². The van der Waals surface area contributed by atoms with E-state index in [1.54, 1.807) is 17.4 Å². The van der Waals surface area contributed by atoms with Crippen molar-refractivity contribution >= 4 is 49.9 Å². The van der Waals surface area contributed by atoms with E-state index >= 15 is 0 Å². The zero-order valence-corrected chi connectivity index (χ0v) is 15.0. The summed E-state index contributed by atoms with van der Waals surface area (Å²) in [5, 5.41) is 5.52. The van der Waals surface area contributed by atoms with E-state index in [0.717, 1.165) is 18.5 Å². The van der Waals surface area contributed by atoms with E-state index in [1.165, 1.54) is 2.88 Å². The number of benzene rings is 1. The average molecular weight is 454 g/mol. The molecule has 0 saturated carbocycles. The first-order chi connectivity index (χ1) is 9.13. The summed E-state index contributed by atoms with van der Waals surface area (Å²) in [6.07, 6.45) is 1.02. The Morgan fingerprint density at radius 2 is 2.26 bits per heavy atom. The van der Waals surface area contributed by atoms with E-state index in [2.05, 4.69) is 62.2 Å². The Labute approximate surface area is 138 Å². The van der Waals surface area contributed by atoms with Crippen molar-refractivity contribution in [3.8, 4) is 0 Å². The molecule has 2 aromatic rings. The third kappa shape index (κ3) is 3.77. The maximum Gasteiger partial charge on any atom is 0.142 e. The number of halogens is 3. The van der Waals surface area contributed by atoms with Crippen molar-refractivity contribution in [3.05, 3.63) is 53.9 Å². The Balaban J connectivity index is 2.39. The molecule has 1 aromatic heterocycles. The first-order valence-corrected chi connectivity index (χ1v) is 8.79. The van der Waals surface area contributed by atoms with Crippen molar-refractivity contribution < 1.29 is 4.39 Å². The molecule has 2 rings (SSSR count). The summed E-state index contributed by atoms with van der Waals surface area (Å²) in [5.41, 5.74) is 1.82. The largest absolute Gasteiger partial charge is 0.306 e. The zero-order valence-electron chi connectivity index (χ0n) is 10.4. The lowest BCUT2D eigenvalue weighted by atomic mass is 10.0. The van der Waals surface area contributed by atoms with Gasteiger partial charge in [-0.3, -0.25) is 0 Å². The SMILES string of the molecule is CCCNC(c1csc(I)c1)c1cccc(Br)c1F. The van der Waals surface area contributed by atoms with Crippen LogP contribution >= 0.6 is 49.9 Å². The van der Waals surface area contributed by atoms with Crippen molar-refractivity contribution in [3.63, 3.8) is 0 Å². The molecule has 1 aromatic carbocycles. The molecule has 0 spiro atoms. The number of thiophene rings is 1. The van der Waals surface area contributed by atoms with Crippen LogP contribution in [0.1, 0.15) is 30.5 Å². The van der Waals surface area contributed by atoms with Gasteiger partial charge >= 0.3 is 0 Å². The Hall–Kier alpha value is 0.0200. The zero-order chi connectivity index (χ0) is 13.8. The fraction of sp³-hybridized carbons (Fsp3) is 0.286. The maximum absolute atomic E-state index is 14.3. The van der Waals surface area contributed by atoms with Gasteiger partial charge in [-0.1, -0.05) is 19.1 Å². The molecule has 1 nitrogen and oxygen atoms in total. The number of hydrogen-bond donors (Lipinski definition) is 1. The topological polar surface area (TPSA) is 12.0 Å². The second-order valence-electron chi connectivity index (χ2n) is 4.21. The maximum atomic E-state index is 14.3. The van der Waals surface area contributed by atoms with Crippen LogP contribution < -0.4 is 5.32 Å². The molecule has 0 aliphatic heterocycles. The number of hydrogen-bond acceptors (Lipinski definition) is 2. The molecular formula is C14H14BrFINS. The molecule has 0 fully saturated rings. The molecule has 5 heteroatoms. The van der Waals surface area contributed by atoms with Crippen LogP contribution in [-0.2, 0) is 0 Å². The van der Waals surface area contributed by atoms with Crippen LogP contribution in [0.3, 0.4) is 0 Å². The molecule has 1 N–H and O–H groups in total. The lowest BCUT2D eigenvalue weighted by Crippen LogP contribution is -2.23. The second kappa shape index (κ2) is 7.15. The van der Waals surface area contributed by atoms with Gasteiger partial charge in [-0.15, -0.1) is 11.3 Å². The molecule has 0 amide bonds. The van der Waals surface area contributed by atoms with Crippen LogP contribution in [0.15, 0.2) is 34.1 Å². The fourth-order valence-corrected chi connectivity index (χ4v) is 3.69. The summed E-state index contributed by atoms with van der Waals surface area (Å²) in [6.45, 7) is 2.97. The van der Waals surface area contributed by atoms with Gasteiger partial charge < -0.3 is 5.32 Å². The number of nitrogens with one attached hydrogen (secondary N) is 1. The highest BCUT2D eigenvalue weighted by Crippen LogP contribution is 2.31. The van der Waals surface area contributed by atoms with E-state index in [0.29, 0.717) is 10.0 Å². The molecule has 1 heterocycles. The summed E-state index contributed by atoms with van der Waals surface area (Å²) in [4.78, 5) is 0. The average Bonchev–Trinajstić information content (AvgIpc) is 2.81. The Kier molecular flexibility index (Phi) is 5.80. The van der Waals surface area contributed by atoms with Gasteiger partial charge in [-0.2, -0.15) is 0 Å². The molecule has 1 atom stereocenters. The lowest BCUT2D eigenvalue weighted by molar-refractivity contribution is 0.544. The van der Waals surface area contributed by atoms with E-state index in [4.69, 9.17) is 0 Å². The minimum Gasteiger partial charge on any atom is -0.306 e. The predicted octanol–water partition coefficient (Wildman–Crippen LogP) is 5.34. The van der Waals surface area contributed by atoms with Crippen LogP contribution in [0.5, 0.6) is 0 Å². The highest BCUT2D eigenvalue weighted by molar-refractivity contribution is 14.1. The molecule has 0 bridgehead atoms. The van der Waals surface area contributed by atoms with Gasteiger partial charge in [0, 0.05) is 5.56 Å². The summed E-state index contributed by atoms with van der Waals surface area (Å²) in [6, 6.07) is 7.47. The molecule has 0 aliphatic rings. The fourth-order valence-electron chi connectivity index (χ4n) is 1.91. The van der Waals surface area contributed by atoms with E-state index in [1.807, 2.05) is 12.1 Å². The minimum absolute atomic E-state index is 0.0859. The third-order valence-corrected chi connectivity index (χ3v) is 5.23. The van der Waals surface area contributed by atoms with Crippen molar-refractivity contribution in [1.29, 1.82) is 0 Å². The normalized spacial score (nSPS) is 12.6. The molecular weight excluding hydrogens is 440 g/mol. The first-order valence-electron chi connectivity index (χ1n) is 6.04. The second-order valence-corrected chi connectivity index (χ2v) is 7.87. The van der Waals surface area contributed by atoms with Gasteiger partial charge in [0.2, 0.25) is 0 Å². The summed E-state index contributed by atoms with van der Waals surface area (Å²) in [7, 11) is 0. The van der Waals surface area contributed by atoms with Crippen molar-refractivity contribution in [2.45, 2.75) is 19.4 Å². The van der Waals surface area contributed by atoms with Crippen LogP contribution in [-0.4, -0.2) is 6.54 Å². The third-order valence-electron chi connectivity index (χ3n) is 2.81. The van der Waals surface area contributed by atoms with Gasteiger partial charge in [0.15, 0.2) is 0 Å². The number of rotatable bonds is 5. The smallest absolute Gasteiger partial charge is 0.142 e. The van der Waals surface area contributed by atoms with Gasteiger partial charge in [0.05, 0.1) is 13.4 Å². The van der Waals surface area contributed by atoms with Gasteiger partial charge in [0.25, 0.3) is 0 Å². The van der Waals surface area contributed by atoms with E-state index in [9.17, 15) is 4.39 Å². The summed E-state index contributed by atoms with van der Waals surface area (Å²) in [5.74, 6) is -0.183. The van der Waals surface area contributed by atoms with E-state index in [-0.39, 0.29) is 11.9 Å². The molecule has 0 saturated heterocycles. The Morgan fingerprint density at radius 1 is 1.47 bits per heavy atom.